The van der Waals surface area contributed by atoms with E-state index in [0.717, 1.165) is 15.7 Å². The van der Waals surface area contributed by atoms with Crippen LogP contribution in [0, 0.1) is 12.3 Å². The van der Waals surface area contributed by atoms with Crippen LogP contribution in [0.1, 0.15) is 25.8 Å². The maximum atomic E-state index is 12.3. The Morgan fingerprint density at radius 2 is 2.17 bits per heavy atom. The highest BCUT2D eigenvalue weighted by Crippen LogP contribution is 2.26. The zero-order valence-electron chi connectivity index (χ0n) is 10.7. The van der Waals surface area contributed by atoms with Crippen LogP contribution in [-0.2, 0) is 4.79 Å². The molecule has 1 rings (SSSR count). The summed E-state index contributed by atoms with van der Waals surface area (Å²) < 4.78 is 0.914. The fourth-order valence-electron chi connectivity index (χ4n) is 1.44. The van der Waals surface area contributed by atoms with Gasteiger partial charge in [-0.3, -0.25) is 4.79 Å². The fourth-order valence-corrected chi connectivity index (χ4v) is 2.03. The van der Waals surface area contributed by atoms with E-state index in [-0.39, 0.29) is 10.9 Å². The molecule has 0 heterocycles. The topological polar surface area (TPSA) is 55.1 Å². The number of carbonyl (C=O) groups is 1. The lowest BCUT2D eigenvalue weighted by Gasteiger charge is -2.26. The average Bonchev–Trinajstić information content (AvgIpc) is 2.32. The van der Waals surface area contributed by atoms with E-state index >= 15 is 0 Å². The van der Waals surface area contributed by atoms with Crippen LogP contribution in [0.25, 0.3) is 0 Å². The van der Waals surface area contributed by atoms with Crippen LogP contribution in [0.4, 0.5) is 5.69 Å². The Bertz CT molecular complexity index is 490. The number of hydrogen-bond acceptors (Lipinski definition) is 2. The molecule has 1 amide bonds. The predicted molar refractivity (Wildman–Crippen MR) is 82.7 cm³/mol. The quantitative estimate of drug-likeness (QED) is 0.833. The summed E-state index contributed by atoms with van der Waals surface area (Å²) in [4.78, 5) is 12.5. The predicted octanol–water partition coefficient (Wildman–Crippen LogP) is 3.40. The normalized spacial score (nSPS) is 13.8. The van der Waals surface area contributed by atoms with Crippen molar-refractivity contribution < 1.29 is 4.79 Å². The molecular formula is C13H17BrN2OS. The second kappa shape index (κ2) is 5.80. The summed E-state index contributed by atoms with van der Waals surface area (Å²) in [5.74, 6) is -0.168. The summed E-state index contributed by atoms with van der Waals surface area (Å²) in [5.41, 5.74) is 6.61. The molecule has 0 spiro atoms. The van der Waals surface area contributed by atoms with Gasteiger partial charge in [0.2, 0.25) is 5.91 Å². The van der Waals surface area contributed by atoms with Crippen LogP contribution in [0.5, 0.6) is 0 Å². The lowest BCUT2D eigenvalue weighted by Crippen LogP contribution is -2.43. The standard InChI is InChI=1S/C13H17BrN2OS/c1-4-13(3,11(15)18)12(17)16-10-7-9(14)6-5-8(10)2/h5-7H,4H2,1-3H3,(H2,15,18)(H,16,17). The number of hydrogen-bond donors (Lipinski definition) is 2. The molecule has 1 aromatic rings. The molecule has 0 radical (unpaired) electrons. The zero-order chi connectivity index (χ0) is 13.9. The van der Waals surface area contributed by atoms with Crippen LogP contribution in [0.2, 0.25) is 0 Å². The van der Waals surface area contributed by atoms with E-state index in [1.165, 1.54) is 0 Å². The molecule has 0 fully saturated rings. The van der Waals surface area contributed by atoms with Gasteiger partial charge in [-0.25, -0.2) is 0 Å². The number of amides is 1. The summed E-state index contributed by atoms with van der Waals surface area (Å²) in [7, 11) is 0. The third-order valence-electron chi connectivity index (χ3n) is 3.20. The van der Waals surface area contributed by atoms with E-state index in [1.807, 2.05) is 32.0 Å². The highest BCUT2D eigenvalue weighted by Gasteiger charge is 2.34. The Hall–Kier alpha value is -0.940. The minimum absolute atomic E-state index is 0.168. The second-order valence-corrected chi connectivity index (χ2v) is 5.82. The van der Waals surface area contributed by atoms with Crippen LogP contribution in [-0.4, -0.2) is 10.9 Å². The number of thiocarbonyl (C=S) groups is 1. The minimum atomic E-state index is -0.815. The number of anilines is 1. The SMILES string of the molecule is CCC(C)(C(=O)Nc1cc(Br)ccc1C)C(N)=S. The van der Waals surface area contributed by atoms with Gasteiger partial charge >= 0.3 is 0 Å². The number of carbonyl (C=O) groups excluding carboxylic acids is 1. The molecule has 18 heavy (non-hydrogen) atoms. The number of rotatable bonds is 4. The van der Waals surface area contributed by atoms with E-state index < -0.39 is 5.41 Å². The summed E-state index contributed by atoms with van der Waals surface area (Å²) >= 11 is 8.37. The first kappa shape index (κ1) is 15.1. The zero-order valence-corrected chi connectivity index (χ0v) is 13.1. The Labute approximate surface area is 121 Å². The lowest BCUT2D eigenvalue weighted by atomic mass is 9.86. The highest BCUT2D eigenvalue weighted by molar-refractivity contribution is 9.10. The molecule has 5 heteroatoms. The maximum Gasteiger partial charge on any atom is 0.237 e. The van der Waals surface area contributed by atoms with Gasteiger partial charge in [-0.05, 0) is 38.0 Å². The largest absolute Gasteiger partial charge is 0.392 e. The molecule has 0 saturated carbocycles. The number of aryl methyl sites for hydroxylation is 1. The number of nitrogens with one attached hydrogen (secondary N) is 1. The van der Waals surface area contributed by atoms with Crippen molar-refractivity contribution in [3.05, 3.63) is 28.2 Å². The monoisotopic (exact) mass is 328 g/mol. The van der Waals surface area contributed by atoms with E-state index in [0.29, 0.717) is 6.42 Å². The smallest absolute Gasteiger partial charge is 0.237 e. The molecule has 0 aliphatic carbocycles. The van der Waals surface area contributed by atoms with Gasteiger partial charge in [0, 0.05) is 10.2 Å². The molecule has 1 atom stereocenters. The third kappa shape index (κ3) is 3.09. The molecule has 0 aliphatic heterocycles. The molecular weight excluding hydrogens is 312 g/mol. The lowest BCUT2D eigenvalue weighted by molar-refractivity contribution is -0.121. The Morgan fingerprint density at radius 3 is 2.67 bits per heavy atom. The molecule has 0 aromatic heterocycles. The first-order valence-electron chi connectivity index (χ1n) is 5.68. The maximum absolute atomic E-state index is 12.3. The molecule has 3 N–H and O–H groups in total. The minimum Gasteiger partial charge on any atom is -0.392 e. The van der Waals surface area contributed by atoms with Crippen molar-refractivity contribution in [2.75, 3.05) is 5.32 Å². The van der Waals surface area contributed by atoms with E-state index in [1.54, 1.807) is 6.92 Å². The highest BCUT2D eigenvalue weighted by atomic mass is 79.9. The van der Waals surface area contributed by atoms with Crippen LogP contribution >= 0.6 is 28.1 Å². The van der Waals surface area contributed by atoms with Crippen molar-refractivity contribution in [3.63, 3.8) is 0 Å². The third-order valence-corrected chi connectivity index (χ3v) is 4.14. The molecule has 1 aromatic carbocycles. The van der Waals surface area contributed by atoms with Crippen molar-refractivity contribution in [1.82, 2.24) is 0 Å². The average molecular weight is 329 g/mol. The molecule has 0 saturated heterocycles. The van der Waals surface area contributed by atoms with Crippen LogP contribution in [0.15, 0.2) is 22.7 Å². The summed E-state index contributed by atoms with van der Waals surface area (Å²) in [6.45, 7) is 5.59. The molecule has 98 valence electrons. The van der Waals surface area contributed by atoms with Gasteiger partial charge in [-0.2, -0.15) is 0 Å². The molecule has 0 aliphatic rings. The Balaban J connectivity index is 3.00. The van der Waals surface area contributed by atoms with Crippen LogP contribution < -0.4 is 11.1 Å². The van der Waals surface area contributed by atoms with Crippen molar-refractivity contribution >= 4 is 44.7 Å². The molecule has 0 bridgehead atoms. The summed E-state index contributed by atoms with van der Waals surface area (Å²) in [6.07, 6.45) is 0.571. The van der Waals surface area contributed by atoms with Gasteiger partial charge in [-0.1, -0.05) is 41.1 Å². The number of benzene rings is 1. The Kier molecular flexibility index (Phi) is 4.87. The van der Waals surface area contributed by atoms with Crippen molar-refractivity contribution in [2.45, 2.75) is 27.2 Å². The first-order valence-corrected chi connectivity index (χ1v) is 6.89. The number of halogens is 1. The van der Waals surface area contributed by atoms with Gasteiger partial charge in [0.1, 0.15) is 0 Å². The van der Waals surface area contributed by atoms with Gasteiger partial charge in [0.05, 0.1) is 10.4 Å². The molecule has 3 nitrogen and oxygen atoms in total. The second-order valence-electron chi connectivity index (χ2n) is 4.46. The van der Waals surface area contributed by atoms with Gasteiger partial charge in [0.15, 0.2) is 0 Å². The van der Waals surface area contributed by atoms with E-state index in [4.69, 9.17) is 18.0 Å². The number of nitrogens with two attached hydrogens (primary N) is 1. The summed E-state index contributed by atoms with van der Waals surface area (Å²) in [5, 5.41) is 2.89. The van der Waals surface area contributed by atoms with Crippen molar-refractivity contribution in [3.8, 4) is 0 Å². The van der Waals surface area contributed by atoms with Crippen LogP contribution in [0.3, 0.4) is 0 Å². The Morgan fingerprint density at radius 1 is 1.56 bits per heavy atom. The van der Waals surface area contributed by atoms with E-state index in [9.17, 15) is 4.79 Å². The van der Waals surface area contributed by atoms with Gasteiger partial charge < -0.3 is 11.1 Å². The first-order chi connectivity index (χ1) is 8.31. The van der Waals surface area contributed by atoms with Crippen molar-refractivity contribution in [1.29, 1.82) is 0 Å². The fraction of sp³-hybridized carbons (Fsp3) is 0.385. The van der Waals surface area contributed by atoms with E-state index in [2.05, 4.69) is 21.2 Å². The van der Waals surface area contributed by atoms with Gasteiger partial charge in [0.25, 0.3) is 0 Å². The van der Waals surface area contributed by atoms with Gasteiger partial charge in [-0.15, -0.1) is 0 Å². The summed E-state index contributed by atoms with van der Waals surface area (Å²) in [6, 6.07) is 5.73. The molecule has 1 unspecified atom stereocenters. The van der Waals surface area contributed by atoms with Crippen molar-refractivity contribution in [2.24, 2.45) is 11.1 Å².